The summed E-state index contributed by atoms with van der Waals surface area (Å²) in [6, 6.07) is -0.682. The third-order valence-electron chi connectivity index (χ3n) is 4.11. The monoisotopic (exact) mass is 283 g/mol. The number of rotatable bonds is 2. The van der Waals surface area contributed by atoms with Crippen molar-refractivity contribution in [1.82, 2.24) is 19.5 Å². The molecule has 9 heteroatoms. The zero-order valence-corrected chi connectivity index (χ0v) is 10.7. The van der Waals surface area contributed by atoms with Crippen molar-refractivity contribution in [3.05, 3.63) is 16.7 Å². The van der Waals surface area contributed by atoms with Crippen LogP contribution in [-0.4, -0.2) is 47.6 Å². The molecule has 3 rings (SSSR count). The Morgan fingerprint density at radius 1 is 1.70 bits per heavy atom. The fraction of sp³-hybridized carbons (Fsp3) is 0.545. The molecule has 0 saturated heterocycles. The van der Waals surface area contributed by atoms with Gasteiger partial charge in [-0.1, -0.05) is 0 Å². The second-order valence-electron chi connectivity index (χ2n) is 5.27. The average molecular weight is 283 g/mol. The van der Waals surface area contributed by atoms with Crippen LogP contribution < -0.4 is 11.3 Å². The van der Waals surface area contributed by atoms with Gasteiger partial charge in [-0.2, -0.15) is 4.98 Å². The number of fused-ring (bicyclic) bond motifs is 1. The van der Waals surface area contributed by atoms with Crippen LogP contribution in [0.1, 0.15) is 19.4 Å². The minimum Gasteiger partial charge on any atom is -0.393 e. The number of anilines is 1. The number of hydrogen-bond acceptors (Lipinski definition) is 6. The lowest BCUT2D eigenvalue weighted by Gasteiger charge is -2.54. The summed E-state index contributed by atoms with van der Waals surface area (Å²) in [5.41, 5.74) is 1.35. The zero-order chi connectivity index (χ0) is 14.7. The molecule has 108 valence electrons. The molecule has 2 aromatic rings. The van der Waals surface area contributed by atoms with Crippen molar-refractivity contribution in [1.29, 1.82) is 0 Å². The third kappa shape index (κ3) is 1.44. The summed E-state index contributed by atoms with van der Waals surface area (Å²) in [6.07, 6.45) is 1.21. The van der Waals surface area contributed by atoms with Gasteiger partial charge in [0.1, 0.15) is 5.60 Å². The van der Waals surface area contributed by atoms with E-state index in [1.807, 2.05) is 0 Å². The Kier molecular flexibility index (Phi) is 2.45. The summed E-state index contributed by atoms with van der Waals surface area (Å²) in [7, 11) is 0. The Bertz CT molecular complexity index is 739. The highest BCUT2D eigenvalue weighted by Crippen LogP contribution is 2.53. The number of aliphatic hydroxyl groups excluding tert-OH is 1. The van der Waals surface area contributed by atoms with Crippen molar-refractivity contribution in [3.63, 3.8) is 0 Å². The van der Waals surface area contributed by atoms with Gasteiger partial charge in [0.15, 0.2) is 16.8 Å². The number of hydrogen-bond donors (Lipinski definition) is 4. The van der Waals surface area contributed by atoms with Crippen molar-refractivity contribution in [2.75, 3.05) is 12.3 Å². The van der Waals surface area contributed by atoms with Crippen LogP contribution in [0.5, 0.6) is 0 Å². The van der Waals surface area contributed by atoms with E-state index < -0.39 is 29.5 Å². The van der Waals surface area contributed by atoms with Gasteiger partial charge in [0.2, 0.25) is 5.95 Å². The molecule has 0 spiro atoms. The maximum Gasteiger partial charge on any atom is 0.280 e. The first-order valence-corrected chi connectivity index (χ1v) is 6.04. The van der Waals surface area contributed by atoms with E-state index in [4.69, 9.17) is 10.8 Å². The Hall–Kier alpha value is -2.00. The molecule has 0 unspecified atom stereocenters. The van der Waals surface area contributed by atoms with Crippen LogP contribution in [0.2, 0.25) is 0 Å². The van der Waals surface area contributed by atoms with E-state index in [0.29, 0.717) is 0 Å². The number of nitrogens with two attached hydrogens (primary N) is 1. The van der Waals surface area contributed by atoms with E-state index in [1.54, 1.807) is 0 Å². The number of nitrogen functional groups attached to an aromatic ring is 1. The molecule has 2 heterocycles. The predicted molar refractivity (Wildman–Crippen MR) is 67.8 cm³/mol. The second-order valence-corrected chi connectivity index (χ2v) is 5.27. The van der Waals surface area contributed by atoms with E-state index in [2.05, 4.69) is 15.0 Å². The predicted octanol–water partition coefficient (Wildman–Crippen LogP) is -0.902. The van der Waals surface area contributed by atoms with Gasteiger partial charge in [-0.15, -0.1) is 0 Å². The van der Waals surface area contributed by atoms with Crippen LogP contribution in [0.3, 0.4) is 0 Å². The molecule has 5 N–H and O–H groups in total. The molecule has 1 saturated carbocycles. The molecule has 0 bridgehead atoms. The number of aromatic nitrogens is 4. The standard InChI is InChI=1S/C11H14FN5O3/c1-10(20)5(2-11(10,12)3-18)17-4-14-6-7(17)15-9(13)16-8(6)19/h4-5,18,20H,2-3H2,1H3,(H3,13,15,16,19)/t5-,10+,11+/m1/s1. The van der Waals surface area contributed by atoms with Crippen molar-refractivity contribution >= 4 is 17.1 Å². The number of halogens is 1. The van der Waals surface area contributed by atoms with Gasteiger partial charge in [-0.25, -0.2) is 9.37 Å². The lowest BCUT2D eigenvalue weighted by atomic mass is 9.64. The van der Waals surface area contributed by atoms with Crippen molar-refractivity contribution < 1.29 is 14.6 Å². The highest BCUT2D eigenvalue weighted by molar-refractivity contribution is 5.70. The molecule has 8 nitrogen and oxygen atoms in total. The van der Waals surface area contributed by atoms with Crippen LogP contribution in [0, 0.1) is 0 Å². The Morgan fingerprint density at radius 3 is 3.00 bits per heavy atom. The third-order valence-corrected chi connectivity index (χ3v) is 4.11. The van der Waals surface area contributed by atoms with E-state index >= 15 is 0 Å². The fourth-order valence-electron chi connectivity index (χ4n) is 2.64. The van der Waals surface area contributed by atoms with Crippen LogP contribution in [0.25, 0.3) is 11.2 Å². The lowest BCUT2D eigenvalue weighted by molar-refractivity contribution is -0.219. The molecule has 20 heavy (non-hydrogen) atoms. The molecular weight excluding hydrogens is 269 g/mol. The summed E-state index contributed by atoms with van der Waals surface area (Å²) >= 11 is 0. The zero-order valence-electron chi connectivity index (χ0n) is 10.7. The number of aromatic amines is 1. The highest BCUT2D eigenvalue weighted by atomic mass is 19.1. The number of imidazole rings is 1. The van der Waals surface area contributed by atoms with Gasteiger partial charge >= 0.3 is 0 Å². The van der Waals surface area contributed by atoms with Gasteiger partial charge in [0.25, 0.3) is 5.56 Å². The molecule has 0 aliphatic heterocycles. The van der Waals surface area contributed by atoms with E-state index in [0.717, 1.165) is 0 Å². The quantitative estimate of drug-likeness (QED) is 0.565. The molecule has 0 aromatic carbocycles. The summed E-state index contributed by atoms with van der Waals surface area (Å²) in [4.78, 5) is 21.8. The summed E-state index contributed by atoms with van der Waals surface area (Å²) < 4.78 is 15.6. The number of H-pyrrole nitrogens is 1. The second kappa shape index (κ2) is 3.76. The minimum absolute atomic E-state index is 0.0651. The van der Waals surface area contributed by atoms with Crippen molar-refractivity contribution in [2.45, 2.75) is 30.7 Å². The molecule has 1 aliphatic carbocycles. The summed E-state index contributed by atoms with van der Waals surface area (Å²) in [5.74, 6) is -0.0862. The molecule has 0 amide bonds. The van der Waals surface area contributed by atoms with Gasteiger partial charge in [-0.05, 0) is 6.92 Å². The molecule has 2 aromatic heterocycles. The Balaban J connectivity index is 2.12. The largest absolute Gasteiger partial charge is 0.393 e. The first kappa shape index (κ1) is 13.0. The number of nitrogens with zero attached hydrogens (tertiary/aromatic N) is 3. The fourth-order valence-corrected chi connectivity index (χ4v) is 2.64. The first-order chi connectivity index (χ1) is 9.30. The molecule has 3 atom stereocenters. The van der Waals surface area contributed by atoms with Gasteiger partial charge in [0, 0.05) is 6.42 Å². The van der Waals surface area contributed by atoms with E-state index in [9.17, 15) is 14.3 Å². The number of alkyl halides is 1. The van der Waals surface area contributed by atoms with Crippen molar-refractivity contribution in [3.8, 4) is 0 Å². The summed E-state index contributed by atoms with van der Waals surface area (Å²) in [6.45, 7) is 0.513. The first-order valence-electron chi connectivity index (χ1n) is 6.04. The SMILES string of the molecule is C[C@]1(O)[C@H](n2cnc3c(=O)[nH]c(N)nc32)C[C@]1(F)CO. The maximum absolute atomic E-state index is 14.2. The Labute approximate surface area is 112 Å². The van der Waals surface area contributed by atoms with Crippen molar-refractivity contribution in [2.24, 2.45) is 0 Å². The number of aliphatic hydroxyl groups is 2. The summed E-state index contributed by atoms with van der Waals surface area (Å²) in [5, 5.41) is 19.3. The topological polar surface area (TPSA) is 130 Å². The van der Waals surface area contributed by atoms with E-state index in [1.165, 1.54) is 17.8 Å². The van der Waals surface area contributed by atoms with Crippen LogP contribution in [-0.2, 0) is 0 Å². The number of nitrogens with one attached hydrogen (secondary N) is 1. The Morgan fingerprint density at radius 2 is 2.40 bits per heavy atom. The van der Waals surface area contributed by atoms with Crippen LogP contribution in [0.15, 0.2) is 11.1 Å². The minimum atomic E-state index is -2.08. The smallest absolute Gasteiger partial charge is 0.280 e. The highest BCUT2D eigenvalue weighted by Gasteiger charge is 2.64. The van der Waals surface area contributed by atoms with Gasteiger partial charge < -0.3 is 20.5 Å². The van der Waals surface area contributed by atoms with Crippen LogP contribution >= 0.6 is 0 Å². The normalized spacial score (nSPS) is 33.3. The average Bonchev–Trinajstić information content (AvgIpc) is 2.78. The van der Waals surface area contributed by atoms with Crippen LogP contribution in [0.4, 0.5) is 10.3 Å². The van der Waals surface area contributed by atoms with Gasteiger partial charge in [-0.3, -0.25) is 9.78 Å². The molecule has 1 aliphatic rings. The van der Waals surface area contributed by atoms with E-state index in [-0.39, 0.29) is 23.5 Å². The lowest BCUT2D eigenvalue weighted by Crippen LogP contribution is -2.67. The van der Waals surface area contributed by atoms with Gasteiger partial charge in [0.05, 0.1) is 19.0 Å². The molecule has 1 fully saturated rings. The molecule has 0 radical (unpaired) electrons. The maximum atomic E-state index is 14.2. The molecular formula is C11H14FN5O3.